The Kier molecular flexibility index (Phi) is 3.94. The lowest BCUT2D eigenvalue weighted by molar-refractivity contribution is -0.122. The summed E-state index contributed by atoms with van der Waals surface area (Å²) in [4.78, 5) is 14.8. The van der Waals surface area contributed by atoms with Gasteiger partial charge in [0, 0.05) is 6.42 Å². The van der Waals surface area contributed by atoms with Crippen LogP contribution in [0.5, 0.6) is 5.75 Å². The normalized spacial score (nSPS) is 21.5. The van der Waals surface area contributed by atoms with Crippen LogP contribution in [0.3, 0.4) is 0 Å². The number of furan rings is 1. The van der Waals surface area contributed by atoms with Crippen LogP contribution in [-0.4, -0.2) is 21.2 Å². The second-order valence-electron chi connectivity index (χ2n) is 5.85. The summed E-state index contributed by atoms with van der Waals surface area (Å²) in [7, 11) is 0. The zero-order valence-corrected chi connectivity index (χ0v) is 14.7. The van der Waals surface area contributed by atoms with Gasteiger partial charge in [-0.15, -0.1) is 0 Å². The monoisotopic (exact) mass is 357 g/mol. The van der Waals surface area contributed by atoms with Crippen LogP contribution in [-0.2, 0) is 17.8 Å². The third-order valence-electron chi connectivity index (χ3n) is 3.99. The number of hydrogen-bond acceptors (Lipinski definition) is 5. The van der Waals surface area contributed by atoms with Crippen molar-refractivity contribution in [1.29, 1.82) is 0 Å². The van der Waals surface area contributed by atoms with Crippen molar-refractivity contribution in [3.8, 4) is 5.75 Å². The molecule has 4 rings (SSSR count). The third kappa shape index (κ3) is 2.87. The van der Waals surface area contributed by atoms with E-state index in [9.17, 15) is 4.79 Å². The van der Waals surface area contributed by atoms with Crippen LogP contribution in [0.25, 0.3) is 6.08 Å². The molecule has 0 aliphatic carbocycles. The number of thiocarbonyl (C=S) groups is 1. The Morgan fingerprint density at radius 3 is 3.08 bits per heavy atom. The fourth-order valence-corrected chi connectivity index (χ4v) is 4.13. The summed E-state index contributed by atoms with van der Waals surface area (Å²) in [6.07, 6.45) is 4.60. The minimum absolute atomic E-state index is 0.0773. The number of nitrogens with zero attached hydrogens (tertiary/aromatic N) is 1. The molecule has 1 fully saturated rings. The number of thioether (sulfide) groups is 1. The fraction of sp³-hybridized carbons (Fsp3) is 0.222. The van der Waals surface area contributed by atoms with E-state index < -0.39 is 0 Å². The molecule has 0 radical (unpaired) electrons. The summed E-state index contributed by atoms with van der Waals surface area (Å²) >= 11 is 6.67. The Hall–Kier alpha value is -2.05. The summed E-state index contributed by atoms with van der Waals surface area (Å²) in [5.74, 6) is 1.58. The van der Waals surface area contributed by atoms with Crippen LogP contribution in [0, 0.1) is 0 Å². The highest BCUT2D eigenvalue weighted by atomic mass is 32.2. The number of benzene rings is 1. The molecule has 0 spiro atoms. The van der Waals surface area contributed by atoms with E-state index in [1.807, 2.05) is 24.3 Å². The number of rotatable bonds is 3. The van der Waals surface area contributed by atoms with E-state index in [1.54, 1.807) is 17.2 Å². The molecule has 1 amide bonds. The summed E-state index contributed by atoms with van der Waals surface area (Å²) in [5.41, 5.74) is 2.17. The number of carbonyl (C=O) groups is 1. The van der Waals surface area contributed by atoms with Gasteiger partial charge in [0.15, 0.2) is 0 Å². The average Bonchev–Trinajstić information content (AvgIpc) is 3.23. The molecule has 2 aromatic rings. The van der Waals surface area contributed by atoms with Crippen LogP contribution in [0.15, 0.2) is 45.9 Å². The molecule has 2 aliphatic heterocycles. The van der Waals surface area contributed by atoms with Gasteiger partial charge < -0.3 is 9.15 Å². The third-order valence-corrected chi connectivity index (χ3v) is 5.36. The predicted octanol–water partition coefficient (Wildman–Crippen LogP) is 4.00. The Balaban J connectivity index is 1.56. The Morgan fingerprint density at radius 2 is 2.29 bits per heavy atom. The molecule has 122 valence electrons. The maximum Gasteiger partial charge on any atom is 0.266 e. The van der Waals surface area contributed by atoms with E-state index in [4.69, 9.17) is 21.4 Å². The molecule has 2 aliphatic rings. The molecule has 1 saturated heterocycles. The molecule has 0 N–H and O–H groups in total. The predicted molar refractivity (Wildman–Crippen MR) is 97.7 cm³/mol. The minimum atomic E-state index is -0.0773. The van der Waals surface area contributed by atoms with Gasteiger partial charge in [-0.2, -0.15) is 0 Å². The van der Waals surface area contributed by atoms with E-state index in [1.165, 1.54) is 17.3 Å². The average molecular weight is 357 g/mol. The quantitative estimate of drug-likeness (QED) is 0.613. The molecular formula is C18H15NO3S2. The standard InChI is InChI=1S/C18H15NO3S2/c1-11-7-13-8-12(4-5-15(13)22-11)9-16-17(20)19(18(23)24-16)10-14-3-2-6-21-14/h2-6,8-9,11H,7,10H2,1H3. The molecule has 1 aromatic carbocycles. The number of hydrogen-bond donors (Lipinski definition) is 0. The largest absolute Gasteiger partial charge is 0.490 e. The second-order valence-corrected chi connectivity index (χ2v) is 7.52. The van der Waals surface area contributed by atoms with Gasteiger partial charge in [0.25, 0.3) is 5.91 Å². The lowest BCUT2D eigenvalue weighted by Gasteiger charge is -2.11. The topological polar surface area (TPSA) is 42.7 Å². The summed E-state index contributed by atoms with van der Waals surface area (Å²) in [6.45, 7) is 2.42. The SMILES string of the molecule is CC1Cc2cc(C=C3SC(=S)N(Cc4ccco4)C3=O)ccc2O1. The van der Waals surface area contributed by atoms with Gasteiger partial charge in [-0.3, -0.25) is 9.69 Å². The van der Waals surface area contributed by atoms with Crippen molar-refractivity contribution < 1.29 is 13.9 Å². The molecule has 3 heterocycles. The van der Waals surface area contributed by atoms with E-state index in [0.717, 1.165) is 23.5 Å². The number of amides is 1. The lowest BCUT2D eigenvalue weighted by atomic mass is 10.1. The second kappa shape index (κ2) is 6.11. The van der Waals surface area contributed by atoms with Crippen molar-refractivity contribution in [3.63, 3.8) is 0 Å². The summed E-state index contributed by atoms with van der Waals surface area (Å²) < 4.78 is 11.6. The van der Waals surface area contributed by atoms with Crippen LogP contribution >= 0.6 is 24.0 Å². The number of carbonyl (C=O) groups excluding carboxylic acids is 1. The van der Waals surface area contributed by atoms with Crippen molar-refractivity contribution in [2.75, 3.05) is 0 Å². The van der Waals surface area contributed by atoms with Gasteiger partial charge in [-0.05, 0) is 48.4 Å². The van der Waals surface area contributed by atoms with Crippen molar-refractivity contribution in [2.45, 2.75) is 26.0 Å². The van der Waals surface area contributed by atoms with Gasteiger partial charge in [0.2, 0.25) is 0 Å². The summed E-state index contributed by atoms with van der Waals surface area (Å²) in [6, 6.07) is 9.66. The molecular weight excluding hydrogens is 342 g/mol. The first kappa shape index (κ1) is 15.5. The molecule has 1 atom stereocenters. The zero-order valence-electron chi connectivity index (χ0n) is 13.0. The van der Waals surface area contributed by atoms with Crippen LogP contribution in [0.1, 0.15) is 23.8 Å². The number of ether oxygens (including phenoxy) is 1. The van der Waals surface area contributed by atoms with Gasteiger partial charge in [0.05, 0.1) is 17.7 Å². The lowest BCUT2D eigenvalue weighted by Crippen LogP contribution is -2.27. The van der Waals surface area contributed by atoms with Gasteiger partial charge in [-0.1, -0.05) is 30.0 Å². The Bertz CT molecular complexity index is 842. The molecule has 24 heavy (non-hydrogen) atoms. The van der Waals surface area contributed by atoms with Gasteiger partial charge >= 0.3 is 0 Å². The first-order valence-corrected chi connectivity index (χ1v) is 8.90. The van der Waals surface area contributed by atoms with Crippen molar-refractivity contribution in [1.82, 2.24) is 4.90 Å². The maximum absolute atomic E-state index is 12.6. The highest BCUT2D eigenvalue weighted by Gasteiger charge is 2.32. The van der Waals surface area contributed by atoms with E-state index in [0.29, 0.717) is 15.8 Å². The molecule has 1 aromatic heterocycles. The molecule has 1 unspecified atom stereocenters. The van der Waals surface area contributed by atoms with Crippen molar-refractivity contribution in [3.05, 3.63) is 58.4 Å². The molecule has 0 bridgehead atoms. The maximum atomic E-state index is 12.6. The number of fused-ring (bicyclic) bond motifs is 1. The van der Waals surface area contributed by atoms with Crippen LogP contribution in [0.4, 0.5) is 0 Å². The highest BCUT2D eigenvalue weighted by Crippen LogP contribution is 2.35. The zero-order chi connectivity index (χ0) is 16.7. The van der Waals surface area contributed by atoms with E-state index in [2.05, 4.69) is 13.0 Å². The molecule has 0 saturated carbocycles. The smallest absolute Gasteiger partial charge is 0.266 e. The van der Waals surface area contributed by atoms with Crippen molar-refractivity contribution in [2.24, 2.45) is 0 Å². The van der Waals surface area contributed by atoms with Gasteiger partial charge in [-0.25, -0.2) is 0 Å². The Morgan fingerprint density at radius 1 is 1.42 bits per heavy atom. The Labute approximate surface area is 149 Å². The minimum Gasteiger partial charge on any atom is -0.490 e. The van der Waals surface area contributed by atoms with Crippen LogP contribution in [0.2, 0.25) is 0 Å². The summed E-state index contributed by atoms with van der Waals surface area (Å²) in [5, 5.41) is 0. The highest BCUT2D eigenvalue weighted by molar-refractivity contribution is 8.26. The molecule has 6 heteroatoms. The van der Waals surface area contributed by atoms with Gasteiger partial charge in [0.1, 0.15) is 21.9 Å². The fourth-order valence-electron chi connectivity index (χ4n) is 2.88. The first-order valence-electron chi connectivity index (χ1n) is 7.67. The van der Waals surface area contributed by atoms with E-state index in [-0.39, 0.29) is 12.0 Å². The molecule has 4 nitrogen and oxygen atoms in total. The first-order chi connectivity index (χ1) is 11.6. The van der Waals surface area contributed by atoms with Crippen LogP contribution < -0.4 is 4.74 Å². The van der Waals surface area contributed by atoms with E-state index >= 15 is 0 Å². The van der Waals surface area contributed by atoms with Crippen molar-refractivity contribution >= 4 is 40.3 Å².